The number of alkyl halides is 3. The van der Waals surface area contributed by atoms with E-state index in [1.807, 2.05) is 21.8 Å². The molecule has 8 heteroatoms. The first-order valence-electron chi connectivity index (χ1n) is 5.97. The standard InChI is InChI=1S/C13H11F3N2O2S/c14-13(15,16)9-5-10(12(20)17-6-9)18-11(19)2-1-8-3-4-21-7-8/h3-7H,1-2H2,(H,17,20)(H,18,19). The predicted octanol–water partition coefficient (Wildman–Crippen LogP) is 3.03. The number of nitrogens with one attached hydrogen (secondary N) is 2. The zero-order valence-electron chi connectivity index (χ0n) is 10.7. The van der Waals surface area contributed by atoms with E-state index in [1.165, 1.54) is 11.3 Å². The molecule has 1 amide bonds. The largest absolute Gasteiger partial charge is 0.417 e. The Hall–Kier alpha value is -2.09. The number of rotatable bonds is 4. The van der Waals surface area contributed by atoms with E-state index in [9.17, 15) is 22.8 Å². The third-order valence-electron chi connectivity index (χ3n) is 2.73. The Morgan fingerprint density at radius 2 is 2.14 bits per heavy atom. The maximum Gasteiger partial charge on any atom is 0.417 e. The molecule has 0 radical (unpaired) electrons. The number of thiophene rings is 1. The number of pyridine rings is 1. The molecule has 0 unspecified atom stereocenters. The summed E-state index contributed by atoms with van der Waals surface area (Å²) in [7, 11) is 0. The molecule has 0 aliphatic rings. The van der Waals surface area contributed by atoms with Crippen LogP contribution in [0.15, 0.2) is 33.9 Å². The van der Waals surface area contributed by atoms with Gasteiger partial charge >= 0.3 is 6.18 Å². The Balaban J connectivity index is 2.04. The van der Waals surface area contributed by atoms with Crippen LogP contribution in [0.5, 0.6) is 0 Å². The predicted molar refractivity (Wildman–Crippen MR) is 73.3 cm³/mol. The van der Waals surface area contributed by atoms with Crippen LogP contribution in [-0.2, 0) is 17.4 Å². The molecule has 2 heterocycles. The van der Waals surface area contributed by atoms with Gasteiger partial charge in [-0.15, -0.1) is 0 Å². The molecule has 21 heavy (non-hydrogen) atoms. The lowest BCUT2D eigenvalue weighted by Crippen LogP contribution is -2.21. The minimum absolute atomic E-state index is 0.0897. The Kier molecular flexibility index (Phi) is 4.46. The maximum absolute atomic E-state index is 12.5. The normalized spacial score (nSPS) is 11.4. The number of aryl methyl sites for hydroxylation is 1. The quantitative estimate of drug-likeness (QED) is 0.911. The molecule has 0 aliphatic heterocycles. The Bertz CT molecular complexity index is 677. The summed E-state index contributed by atoms with van der Waals surface area (Å²) in [5, 5.41) is 5.95. The molecule has 112 valence electrons. The van der Waals surface area contributed by atoms with Crippen molar-refractivity contribution in [2.24, 2.45) is 0 Å². The smallest absolute Gasteiger partial charge is 0.327 e. The molecule has 0 saturated carbocycles. The van der Waals surface area contributed by atoms with Crippen molar-refractivity contribution in [3.8, 4) is 0 Å². The Labute approximate surface area is 121 Å². The SMILES string of the molecule is O=C(CCc1ccsc1)Nc1cc(C(F)(F)F)c[nH]c1=O. The van der Waals surface area contributed by atoms with Crippen molar-refractivity contribution >= 4 is 22.9 Å². The second-order valence-electron chi connectivity index (χ2n) is 4.31. The monoisotopic (exact) mass is 316 g/mol. The van der Waals surface area contributed by atoms with Crippen LogP contribution in [0.2, 0.25) is 0 Å². The van der Waals surface area contributed by atoms with Gasteiger partial charge in [-0.05, 0) is 34.9 Å². The summed E-state index contributed by atoms with van der Waals surface area (Å²) in [6.07, 6.45) is -3.46. The molecule has 0 saturated heterocycles. The van der Waals surface area contributed by atoms with Crippen molar-refractivity contribution in [2.75, 3.05) is 5.32 Å². The average molecular weight is 316 g/mol. The molecule has 0 aliphatic carbocycles. The number of hydrogen-bond donors (Lipinski definition) is 2. The number of anilines is 1. The number of aromatic nitrogens is 1. The lowest BCUT2D eigenvalue weighted by molar-refractivity contribution is -0.137. The van der Waals surface area contributed by atoms with Crippen molar-refractivity contribution < 1.29 is 18.0 Å². The molecule has 0 spiro atoms. The number of carbonyl (C=O) groups excluding carboxylic acids is 1. The second-order valence-corrected chi connectivity index (χ2v) is 5.09. The summed E-state index contributed by atoms with van der Waals surface area (Å²) in [4.78, 5) is 25.1. The number of hydrogen-bond acceptors (Lipinski definition) is 3. The first-order chi connectivity index (χ1) is 9.86. The zero-order chi connectivity index (χ0) is 15.5. The first-order valence-corrected chi connectivity index (χ1v) is 6.91. The molecular weight excluding hydrogens is 305 g/mol. The van der Waals surface area contributed by atoms with Crippen molar-refractivity contribution in [2.45, 2.75) is 19.0 Å². The fourth-order valence-corrected chi connectivity index (χ4v) is 2.35. The highest BCUT2D eigenvalue weighted by Gasteiger charge is 2.31. The average Bonchev–Trinajstić information content (AvgIpc) is 2.91. The minimum Gasteiger partial charge on any atom is -0.327 e. The molecule has 0 bridgehead atoms. The molecule has 0 fully saturated rings. The number of carbonyl (C=O) groups is 1. The molecule has 0 aromatic carbocycles. The van der Waals surface area contributed by atoms with Crippen LogP contribution < -0.4 is 10.9 Å². The Morgan fingerprint density at radius 1 is 1.38 bits per heavy atom. The van der Waals surface area contributed by atoms with E-state index in [0.29, 0.717) is 18.7 Å². The van der Waals surface area contributed by atoms with E-state index < -0.39 is 28.9 Å². The first kappa shape index (κ1) is 15.3. The number of amides is 1. The van der Waals surface area contributed by atoms with Crippen LogP contribution in [0.25, 0.3) is 0 Å². The molecule has 2 aromatic rings. The van der Waals surface area contributed by atoms with Gasteiger partial charge in [0.05, 0.1) is 5.56 Å². The molecular formula is C13H11F3N2O2S. The van der Waals surface area contributed by atoms with Gasteiger partial charge in [-0.2, -0.15) is 24.5 Å². The maximum atomic E-state index is 12.5. The molecule has 4 nitrogen and oxygen atoms in total. The van der Waals surface area contributed by atoms with Crippen LogP contribution >= 0.6 is 11.3 Å². The Morgan fingerprint density at radius 3 is 2.76 bits per heavy atom. The van der Waals surface area contributed by atoms with Crippen LogP contribution in [0.3, 0.4) is 0 Å². The lowest BCUT2D eigenvalue weighted by atomic mass is 10.2. The van der Waals surface area contributed by atoms with E-state index in [-0.39, 0.29) is 6.42 Å². The summed E-state index contributed by atoms with van der Waals surface area (Å²) in [6.45, 7) is 0. The van der Waals surface area contributed by atoms with Crippen LogP contribution in [-0.4, -0.2) is 10.9 Å². The highest BCUT2D eigenvalue weighted by atomic mass is 32.1. The molecule has 2 aromatic heterocycles. The van der Waals surface area contributed by atoms with Crippen LogP contribution in [0.1, 0.15) is 17.5 Å². The van der Waals surface area contributed by atoms with E-state index in [0.717, 1.165) is 5.56 Å². The fraction of sp³-hybridized carbons (Fsp3) is 0.231. The van der Waals surface area contributed by atoms with Crippen molar-refractivity contribution in [3.05, 3.63) is 50.6 Å². The van der Waals surface area contributed by atoms with Crippen molar-refractivity contribution in [1.29, 1.82) is 0 Å². The summed E-state index contributed by atoms with van der Waals surface area (Å²) in [5.74, 6) is -0.508. The van der Waals surface area contributed by atoms with Gasteiger partial charge < -0.3 is 10.3 Å². The summed E-state index contributed by atoms with van der Waals surface area (Å²) >= 11 is 1.49. The van der Waals surface area contributed by atoms with E-state index >= 15 is 0 Å². The summed E-state index contributed by atoms with van der Waals surface area (Å²) in [5.41, 5.74) is -1.23. The summed E-state index contributed by atoms with van der Waals surface area (Å²) < 4.78 is 37.6. The van der Waals surface area contributed by atoms with Gasteiger partial charge in [0.1, 0.15) is 5.69 Å². The van der Waals surface area contributed by atoms with Crippen LogP contribution in [0.4, 0.5) is 18.9 Å². The van der Waals surface area contributed by atoms with Gasteiger partial charge in [-0.3, -0.25) is 9.59 Å². The summed E-state index contributed by atoms with van der Waals surface area (Å²) in [6, 6.07) is 2.48. The number of aromatic amines is 1. The lowest BCUT2D eigenvalue weighted by Gasteiger charge is -2.09. The molecule has 2 N–H and O–H groups in total. The van der Waals surface area contributed by atoms with Gasteiger partial charge in [-0.1, -0.05) is 0 Å². The number of halogens is 3. The van der Waals surface area contributed by atoms with Gasteiger partial charge in [0, 0.05) is 12.6 Å². The van der Waals surface area contributed by atoms with Crippen molar-refractivity contribution in [3.63, 3.8) is 0 Å². The van der Waals surface area contributed by atoms with E-state index in [1.54, 1.807) is 0 Å². The van der Waals surface area contributed by atoms with Gasteiger partial charge in [0.15, 0.2) is 0 Å². The third kappa shape index (κ3) is 4.19. The fourth-order valence-electron chi connectivity index (χ4n) is 1.65. The van der Waals surface area contributed by atoms with Crippen LogP contribution in [0, 0.1) is 0 Å². The zero-order valence-corrected chi connectivity index (χ0v) is 11.5. The third-order valence-corrected chi connectivity index (χ3v) is 3.46. The van der Waals surface area contributed by atoms with Gasteiger partial charge in [0.25, 0.3) is 5.56 Å². The van der Waals surface area contributed by atoms with Gasteiger partial charge in [0.2, 0.25) is 5.91 Å². The molecule has 2 rings (SSSR count). The van der Waals surface area contributed by atoms with E-state index in [4.69, 9.17) is 0 Å². The minimum atomic E-state index is -4.58. The highest BCUT2D eigenvalue weighted by Crippen LogP contribution is 2.29. The number of H-pyrrole nitrogens is 1. The topological polar surface area (TPSA) is 62.0 Å². The van der Waals surface area contributed by atoms with E-state index in [2.05, 4.69) is 5.32 Å². The van der Waals surface area contributed by atoms with Gasteiger partial charge in [-0.25, -0.2) is 0 Å². The molecule has 0 atom stereocenters. The second kappa shape index (κ2) is 6.13. The highest BCUT2D eigenvalue weighted by molar-refractivity contribution is 7.07. The van der Waals surface area contributed by atoms with Crippen molar-refractivity contribution in [1.82, 2.24) is 4.98 Å².